The molecule has 0 radical (unpaired) electrons. The molecule has 1 aromatic heterocycles. The normalized spacial score (nSPS) is 9.40. The zero-order chi connectivity index (χ0) is 11.3. The Morgan fingerprint density at radius 3 is 2.60 bits per heavy atom. The van der Waals surface area contributed by atoms with Crippen molar-refractivity contribution in [1.29, 1.82) is 0 Å². The zero-order valence-electron chi connectivity index (χ0n) is 8.02. The minimum absolute atomic E-state index is 0.179. The minimum Gasteiger partial charge on any atom is -0.480 e. The smallest absolute Gasteiger partial charge is 0.322 e. The molecule has 0 aromatic carbocycles. The molecule has 0 bridgehead atoms. The number of rotatable bonds is 4. The third kappa shape index (κ3) is 3.22. The molecule has 0 saturated carbocycles. The van der Waals surface area contributed by atoms with Gasteiger partial charge in [0, 0.05) is 7.05 Å². The second-order valence-electron chi connectivity index (χ2n) is 2.63. The summed E-state index contributed by atoms with van der Waals surface area (Å²) in [7, 11) is 1.49. The second-order valence-corrected chi connectivity index (χ2v) is 2.63. The number of carboxylic acid groups (broad SMARTS) is 1. The lowest BCUT2D eigenvalue weighted by Crippen LogP contribution is -2.20. The first kappa shape index (κ1) is 10.9. The van der Waals surface area contributed by atoms with Crippen LogP contribution in [0.25, 0.3) is 0 Å². The maximum absolute atomic E-state index is 11.1. The van der Waals surface area contributed by atoms with Crippen molar-refractivity contribution in [3.63, 3.8) is 0 Å². The van der Waals surface area contributed by atoms with Crippen molar-refractivity contribution in [3.8, 4) is 0 Å². The lowest BCUT2D eigenvalue weighted by atomic mass is 10.3. The Morgan fingerprint density at radius 1 is 1.40 bits per heavy atom. The number of carboxylic acids is 1. The fourth-order valence-corrected chi connectivity index (χ4v) is 0.842. The summed E-state index contributed by atoms with van der Waals surface area (Å²) in [6, 6.07) is 2.94. The molecule has 1 amide bonds. The summed E-state index contributed by atoms with van der Waals surface area (Å²) >= 11 is 0. The first-order valence-corrected chi connectivity index (χ1v) is 4.15. The lowest BCUT2D eigenvalue weighted by molar-refractivity contribution is -0.134. The molecule has 0 unspecified atom stereocenters. The van der Waals surface area contributed by atoms with Crippen LogP contribution in [0.15, 0.2) is 12.1 Å². The number of nitrogens with zero attached hydrogens (tertiary/aromatic N) is 2. The predicted octanol–water partition coefficient (Wildman–Crippen LogP) is -0.667. The van der Waals surface area contributed by atoms with E-state index in [4.69, 9.17) is 5.11 Å². The molecule has 1 aromatic rings. The number of carbonyl (C=O) groups excluding carboxylic acids is 1. The highest BCUT2D eigenvalue weighted by Crippen LogP contribution is 2.00. The molecular formula is C8H10N4O3. The quantitative estimate of drug-likeness (QED) is 0.609. The maximum atomic E-state index is 11.1. The van der Waals surface area contributed by atoms with E-state index in [1.807, 2.05) is 0 Å². The molecule has 1 heterocycles. The molecule has 7 nitrogen and oxygen atoms in total. The lowest BCUT2D eigenvalue weighted by Gasteiger charge is -2.01. The summed E-state index contributed by atoms with van der Waals surface area (Å²) in [6.07, 6.45) is 0. The van der Waals surface area contributed by atoms with E-state index < -0.39 is 5.97 Å². The fraction of sp³-hybridized carbons (Fsp3) is 0.250. The van der Waals surface area contributed by atoms with Gasteiger partial charge in [-0.1, -0.05) is 0 Å². The summed E-state index contributed by atoms with van der Waals surface area (Å²) < 4.78 is 0. The Labute approximate surface area is 85.5 Å². The fourth-order valence-electron chi connectivity index (χ4n) is 0.842. The third-order valence-electron chi connectivity index (χ3n) is 1.54. The topological polar surface area (TPSA) is 104 Å². The number of amides is 1. The maximum Gasteiger partial charge on any atom is 0.322 e. The van der Waals surface area contributed by atoms with Crippen LogP contribution >= 0.6 is 0 Å². The van der Waals surface area contributed by atoms with Gasteiger partial charge >= 0.3 is 5.97 Å². The van der Waals surface area contributed by atoms with Crippen LogP contribution in [-0.4, -0.2) is 40.8 Å². The minimum atomic E-state index is -0.993. The largest absolute Gasteiger partial charge is 0.480 e. The van der Waals surface area contributed by atoms with Gasteiger partial charge in [-0.25, -0.2) is 0 Å². The summed E-state index contributed by atoms with van der Waals surface area (Å²) in [6.45, 7) is -0.242. The number of aliphatic carboxylic acids is 1. The SMILES string of the molecule is CNC(=O)c1ccc(NCC(=O)O)nn1. The molecule has 0 fully saturated rings. The molecular weight excluding hydrogens is 200 g/mol. The van der Waals surface area contributed by atoms with E-state index in [1.54, 1.807) is 0 Å². The molecule has 0 spiro atoms. The van der Waals surface area contributed by atoms with E-state index in [0.29, 0.717) is 5.82 Å². The van der Waals surface area contributed by atoms with Crippen molar-refractivity contribution >= 4 is 17.7 Å². The van der Waals surface area contributed by atoms with Crippen molar-refractivity contribution in [3.05, 3.63) is 17.8 Å². The van der Waals surface area contributed by atoms with E-state index in [0.717, 1.165) is 0 Å². The van der Waals surface area contributed by atoms with Crippen LogP contribution in [0.1, 0.15) is 10.5 Å². The summed E-state index contributed by atoms with van der Waals surface area (Å²) in [5.74, 6) is -1.02. The Bertz CT molecular complexity index is 363. The molecule has 1 rings (SSSR count). The molecule has 0 aliphatic heterocycles. The average molecular weight is 210 g/mol. The summed E-state index contributed by atoms with van der Waals surface area (Å²) in [5, 5.41) is 20.5. The molecule has 0 aliphatic carbocycles. The number of nitrogens with one attached hydrogen (secondary N) is 2. The van der Waals surface area contributed by atoms with E-state index >= 15 is 0 Å². The van der Waals surface area contributed by atoms with E-state index in [-0.39, 0.29) is 18.1 Å². The Balaban J connectivity index is 2.64. The van der Waals surface area contributed by atoms with Gasteiger partial charge in [0.1, 0.15) is 12.4 Å². The molecule has 80 valence electrons. The van der Waals surface area contributed by atoms with Crippen LogP contribution < -0.4 is 10.6 Å². The van der Waals surface area contributed by atoms with Crippen LogP contribution in [0.4, 0.5) is 5.82 Å². The standard InChI is InChI=1S/C8H10N4O3/c1-9-8(15)5-2-3-6(12-11-5)10-4-7(13)14/h2-3H,4H2,1H3,(H,9,15)(H,10,12)(H,13,14). The predicted molar refractivity (Wildman–Crippen MR) is 51.5 cm³/mol. The number of aromatic nitrogens is 2. The van der Waals surface area contributed by atoms with Gasteiger partial charge in [0.05, 0.1) is 0 Å². The van der Waals surface area contributed by atoms with Crippen LogP contribution in [-0.2, 0) is 4.79 Å². The van der Waals surface area contributed by atoms with Crippen molar-refractivity contribution in [1.82, 2.24) is 15.5 Å². The van der Waals surface area contributed by atoms with Crippen molar-refractivity contribution < 1.29 is 14.7 Å². The van der Waals surface area contributed by atoms with Crippen LogP contribution in [0.5, 0.6) is 0 Å². The van der Waals surface area contributed by atoms with Gasteiger partial charge in [0.2, 0.25) is 0 Å². The number of hydrogen-bond donors (Lipinski definition) is 3. The Kier molecular flexibility index (Phi) is 3.55. The van der Waals surface area contributed by atoms with E-state index in [1.165, 1.54) is 19.2 Å². The van der Waals surface area contributed by atoms with Crippen molar-refractivity contribution in [2.24, 2.45) is 0 Å². The van der Waals surface area contributed by atoms with Crippen LogP contribution in [0, 0.1) is 0 Å². The Morgan fingerprint density at radius 2 is 2.13 bits per heavy atom. The monoisotopic (exact) mass is 210 g/mol. The van der Waals surface area contributed by atoms with Crippen LogP contribution in [0.3, 0.4) is 0 Å². The molecule has 0 saturated heterocycles. The van der Waals surface area contributed by atoms with Gasteiger partial charge < -0.3 is 15.7 Å². The second kappa shape index (κ2) is 4.89. The van der Waals surface area contributed by atoms with Crippen molar-refractivity contribution in [2.75, 3.05) is 18.9 Å². The van der Waals surface area contributed by atoms with Crippen molar-refractivity contribution in [2.45, 2.75) is 0 Å². The zero-order valence-corrected chi connectivity index (χ0v) is 8.02. The molecule has 0 aliphatic rings. The van der Waals surface area contributed by atoms with Gasteiger partial charge in [-0.05, 0) is 12.1 Å². The molecule has 3 N–H and O–H groups in total. The highest BCUT2D eigenvalue weighted by Gasteiger charge is 2.05. The van der Waals surface area contributed by atoms with Gasteiger partial charge in [0.25, 0.3) is 5.91 Å². The highest BCUT2D eigenvalue weighted by molar-refractivity contribution is 5.91. The number of anilines is 1. The molecule has 7 heteroatoms. The number of hydrogen-bond acceptors (Lipinski definition) is 5. The number of carbonyl (C=O) groups is 2. The van der Waals surface area contributed by atoms with Gasteiger partial charge in [0.15, 0.2) is 5.69 Å². The summed E-state index contributed by atoms with van der Waals surface area (Å²) in [4.78, 5) is 21.3. The highest BCUT2D eigenvalue weighted by atomic mass is 16.4. The first-order chi connectivity index (χ1) is 7.13. The molecule has 15 heavy (non-hydrogen) atoms. The van der Waals surface area contributed by atoms with E-state index in [9.17, 15) is 9.59 Å². The van der Waals surface area contributed by atoms with Crippen LogP contribution in [0.2, 0.25) is 0 Å². The third-order valence-corrected chi connectivity index (χ3v) is 1.54. The van der Waals surface area contributed by atoms with Gasteiger partial charge in [-0.15, -0.1) is 10.2 Å². The summed E-state index contributed by atoms with van der Waals surface area (Å²) in [5.41, 5.74) is 0.179. The average Bonchev–Trinajstić information content (AvgIpc) is 2.26. The van der Waals surface area contributed by atoms with Gasteiger partial charge in [-0.2, -0.15) is 0 Å². The van der Waals surface area contributed by atoms with E-state index in [2.05, 4.69) is 20.8 Å². The Hall–Kier alpha value is -2.18. The first-order valence-electron chi connectivity index (χ1n) is 4.15. The molecule has 0 atom stereocenters. The van der Waals surface area contributed by atoms with Gasteiger partial charge in [-0.3, -0.25) is 9.59 Å².